The highest BCUT2D eigenvalue weighted by atomic mass is 16.7. The second-order valence-electron chi connectivity index (χ2n) is 9.32. The van der Waals surface area contributed by atoms with Crippen LogP contribution >= 0.6 is 0 Å². The Morgan fingerprint density at radius 3 is 2.19 bits per heavy atom. The molecule has 2 heterocycles. The maximum atomic E-state index is 13.4. The van der Waals surface area contributed by atoms with Gasteiger partial charge in [-0.05, 0) is 41.0 Å². The highest BCUT2D eigenvalue weighted by Gasteiger charge is 2.55. The summed E-state index contributed by atoms with van der Waals surface area (Å²) < 4.78 is 40.3. The topological polar surface area (TPSA) is 81.7 Å². The zero-order valence-electron chi connectivity index (χ0n) is 20.9. The Balaban J connectivity index is 1.44. The number of hydrogen-bond acceptors (Lipinski definition) is 8. The molecule has 0 radical (unpaired) electrons. The summed E-state index contributed by atoms with van der Waals surface area (Å²) in [5, 5.41) is 0. The van der Waals surface area contributed by atoms with Crippen molar-refractivity contribution < 1.29 is 38.0 Å². The molecule has 8 heteroatoms. The van der Waals surface area contributed by atoms with E-state index < -0.39 is 12.0 Å². The number of ether oxygens (including phenoxy) is 7. The first kappa shape index (κ1) is 23.5. The number of fused-ring (bicyclic) bond motifs is 5. The number of hydrogen-bond donors (Lipinski definition) is 0. The standard InChI is InChI=1S/C29H28O8/c1-31-23-9-17(10-24(32-2)28(23)33-3)25-18-11-21-22(36-15-35-21)12-19(18)27-20(26(25)29(30)37-27)14-34-13-16-7-5-4-6-8-16/h4-12,20,25-27H,13-15H2,1-3H3/t20?,25-,26+,27+/m1/s1. The molecule has 6 rings (SSSR count). The van der Waals surface area contributed by atoms with Gasteiger partial charge in [0, 0.05) is 17.4 Å². The number of methoxy groups -OCH3 is 3. The van der Waals surface area contributed by atoms with E-state index in [2.05, 4.69) is 0 Å². The van der Waals surface area contributed by atoms with Crippen LogP contribution in [-0.4, -0.2) is 40.7 Å². The van der Waals surface area contributed by atoms with Gasteiger partial charge in [-0.15, -0.1) is 0 Å². The third kappa shape index (κ3) is 3.92. The average Bonchev–Trinajstić information content (AvgIpc) is 3.49. The Bertz CT molecular complexity index is 1300. The Morgan fingerprint density at radius 1 is 0.865 bits per heavy atom. The third-order valence-electron chi connectivity index (χ3n) is 7.41. The molecule has 0 spiro atoms. The summed E-state index contributed by atoms with van der Waals surface area (Å²) in [4.78, 5) is 13.4. The molecule has 37 heavy (non-hydrogen) atoms. The van der Waals surface area contributed by atoms with Crippen LogP contribution in [0.4, 0.5) is 0 Å². The van der Waals surface area contributed by atoms with Crippen LogP contribution in [0.25, 0.3) is 0 Å². The van der Waals surface area contributed by atoms with E-state index in [0.717, 1.165) is 22.3 Å². The lowest BCUT2D eigenvalue weighted by atomic mass is 9.67. The molecule has 1 fully saturated rings. The summed E-state index contributed by atoms with van der Waals surface area (Å²) in [7, 11) is 4.72. The zero-order valence-corrected chi connectivity index (χ0v) is 20.9. The number of rotatable bonds is 8. The SMILES string of the molecule is COc1cc([C@@H]2c3cc4c(cc3[C@@H]3OC(=O)[C@H]2C3COCc2ccccc2)OCO4)cc(OC)c1OC. The van der Waals surface area contributed by atoms with E-state index in [-0.39, 0.29) is 24.6 Å². The van der Waals surface area contributed by atoms with Crippen molar-refractivity contribution in [2.45, 2.75) is 18.6 Å². The van der Waals surface area contributed by atoms with Crippen molar-refractivity contribution in [3.63, 3.8) is 0 Å². The summed E-state index contributed by atoms with van der Waals surface area (Å²) in [6.07, 6.45) is -0.434. The molecule has 1 unspecified atom stereocenters. The van der Waals surface area contributed by atoms with Crippen molar-refractivity contribution in [2.75, 3.05) is 34.7 Å². The smallest absolute Gasteiger partial charge is 0.311 e. The Labute approximate surface area is 214 Å². The molecule has 2 aliphatic heterocycles. The van der Waals surface area contributed by atoms with Crippen LogP contribution in [0.3, 0.4) is 0 Å². The molecule has 0 aromatic heterocycles. The van der Waals surface area contributed by atoms with Gasteiger partial charge in [0.05, 0.1) is 40.5 Å². The fraction of sp³-hybridized carbons (Fsp3) is 0.345. The number of carbonyl (C=O) groups is 1. The number of benzene rings is 3. The van der Waals surface area contributed by atoms with Gasteiger partial charge in [-0.1, -0.05) is 30.3 Å². The van der Waals surface area contributed by atoms with Crippen molar-refractivity contribution in [3.05, 3.63) is 76.9 Å². The minimum atomic E-state index is -0.462. The van der Waals surface area contributed by atoms with Crippen molar-refractivity contribution in [1.82, 2.24) is 0 Å². The number of esters is 1. The van der Waals surface area contributed by atoms with Crippen LogP contribution in [-0.2, 0) is 20.9 Å². The molecule has 3 aromatic carbocycles. The quantitative estimate of drug-likeness (QED) is 0.411. The normalized spacial score (nSPS) is 22.8. The van der Waals surface area contributed by atoms with Crippen LogP contribution in [0.15, 0.2) is 54.6 Å². The van der Waals surface area contributed by atoms with E-state index in [4.69, 9.17) is 33.2 Å². The Kier molecular flexibility index (Phi) is 6.04. The first-order valence-corrected chi connectivity index (χ1v) is 12.2. The van der Waals surface area contributed by atoms with Gasteiger partial charge in [-0.2, -0.15) is 0 Å². The van der Waals surface area contributed by atoms with Gasteiger partial charge >= 0.3 is 5.97 Å². The minimum Gasteiger partial charge on any atom is -0.493 e. The van der Waals surface area contributed by atoms with Crippen LogP contribution < -0.4 is 23.7 Å². The molecular weight excluding hydrogens is 476 g/mol. The van der Waals surface area contributed by atoms with E-state index in [1.165, 1.54) is 0 Å². The first-order chi connectivity index (χ1) is 18.1. The summed E-state index contributed by atoms with van der Waals surface area (Å²) in [6.45, 7) is 0.975. The van der Waals surface area contributed by atoms with Crippen molar-refractivity contribution in [1.29, 1.82) is 0 Å². The highest BCUT2D eigenvalue weighted by Crippen LogP contribution is 2.58. The van der Waals surface area contributed by atoms with Gasteiger partial charge in [0.25, 0.3) is 0 Å². The van der Waals surface area contributed by atoms with E-state index in [1.807, 2.05) is 54.6 Å². The fourth-order valence-corrected chi connectivity index (χ4v) is 5.76. The van der Waals surface area contributed by atoms with Crippen molar-refractivity contribution in [2.24, 2.45) is 11.8 Å². The van der Waals surface area contributed by atoms with E-state index in [9.17, 15) is 4.79 Å². The average molecular weight is 505 g/mol. The highest BCUT2D eigenvalue weighted by molar-refractivity contribution is 5.80. The molecule has 3 aromatic rings. The molecule has 3 aliphatic rings. The Morgan fingerprint density at radius 2 is 1.54 bits per heavy atom. The van der Waals surface area contributed by atoms with E-state index in [0.29, 0.717) is 42.0 Å². The van der Waals surface area contributed by atoms with Gasteiger partial charge in [0.1, 0.15) is 6.10 Å². The van der Waals surface area contributed by atoms with Gasteiger partial charge in [-0.3, -0.25) is 4.79 Å². The molecule has 1 saturated heterocycles. The second-order valence-corrected chi connectivity index (χ2v) is 9.32. The molecule has 2 bridgehead atoms. The zero-order chi connectivity index (χ0) is 25.5. The van der Waals surface area contributed by atoms with Gasteiger partial charge in [0.15, 0.2) is 23.0 Å². The van der Waals surface area contributed by atoms with Crippen molar-refractivity contribution in [3.8, 4) is 28.7 Å². The second kappa shape index (κ2) is 9.52. The van der Waals surface area contributed by atoms with Gasteiger partial charge in [0.2, 0.25) is 12.5 Å². The number of carbonyl (C=O) groups excluding carboxylic acids is 1. The summed E-state index contributed by atoms with van der Waals surface area (Å²) in [6, 6.07) is 17.7. The molecule has 0 amide bonds. The largest absolute Gasteiger partial charge is 0.493 e. The minimum absolute atomic E-state index is 0.157. The predicted molar refractivity (Wildman–Crippen MR) is 132 cm³/mol. The lowest BCUT2D eigenvalue weighted by molar-refractivity contribution is -0.144. The molecule has 8 nitrogen and oxygen atoms in total. The Hall–Kier alpha value is -3.91. The van der Waals surface area contributed by atoms with Gasteiger partial charge < -0.3 is 33.2 Å². The monoisotopic (exact) mass is 504 g/mol. The summed E-state index contributed by atoms with van der Waals surface area (Å²) in [5.74, 6) is 1.59. The fourth-order valence-electron chi connectivity index (χ4n) is 5.76. The summed E-state index contributed by atoms with van der Waals surface area (Å²) in [5.41, 5.74) is 3.78. The molecule has 4 atom stereocenters. The maximum Gasteiger partial charge on any atom is 0.311 e. The van der Waals surface area contributed by atoms with Crippen LogP contribution in [0.5, 0.6) is 28.7 Å². The third-order valence-corrected chi connectivity index (χ3v) is 7.41. The van der Waals surface area contributed by atoms with Gasteiger partial charge in [-0.25, -0.2) is 0 Å². The molecule has 1 aliphatic carbocycles. The first-order valence-electron chi connectivity index (χ1n) is 12.2. The molecule has 192 valence electrons. The maximum absolute atomic E-state index is 13.4. The van der Waals surface area contributed by atoms with Crippen LogP contribution in [0.1, 0.15) is 34.3 Å². The lowest BCUT2D eigenvalue weighted by Gasteiger charge is -2.35. The molecule has 0 saturated carbocycles. The van der Waals surface area contributed by atoms with Crippen LogP contribution in [0, 0.1) is 11.8 Å². The predicted octanol–water partition coefficient (Wildman–Crippen LogP) is 4.63. The summed E-state index contributed by atoms with van der Waals surface area (Å²) >= 11 is 0. The lowest BCUT2D eigenvalue weighted by Crippen LogP contribution is -2.33. The van der Waals surface area contributed by atoms with Crippen LogP contribution in [0.2, 0.25) is 0 Å². The molecule has 0 N–H and O–H groups in total. The van der Waals surface area contributed by atoms with Crippen molar-refractivity contribution >= 4 is 5.97 Å². The van der Waals surface area contributed by atoms with E-state index in [1.54, 1.807) is 21.3 Å². The molecular formula is C29H28O8. The van der Waals surface area contributed by atoms with E-state index >= 15 is 0 Å².